The van der Waals surface area contributed by atoms with Crippen LogP contribution in [0.2, 0.25) is 5.02 Å². The smallest absolute Gasteiger partial charge is 1.00 e. The molecule has 1 aromatic heterocycles. The summed E-state index contributed by atoms with van der Waals surface area (Å²) in [7, 11) is -7.67. The van der Waals surface area contributed by atoms with Gasteiger partial charge in [0.15, 0.2) is 9.84 Å². The quantitative estimate of drug-likeness (QED) is 0.0162. The zero-order valence-electron chi connectivity index (χ0n) is 69.6. The Kier molecular flexibility index (Phi) is 38.9. The summed E-state index contributed by atoms with van der Waals surface area (Å²) >= 11 is 20.0. The molecule has 4 fully saturated rings. The van der Waals surface area contributed by atoms with Crippen LogP contribution in [0.4, 0.5) is 27.1 Å². The third kappa shape index (κ3) is 30.7. The summed E-state index contributed by atoms with van der Waals surface area (Å²) in [5.41, 5.74) is 12.2. The van der Waals surface area contributed by atoms with Crippen molar-refractivity contribution in [1.29, 1.82) is 0 Å². The summed E-state index contributed by atoms with van der Waals surface area (Å²) in [6, 6.07) is 45.2. The third-order valence-electron chi connectivity index (χ3n) is 20.3. The van der Waals surface area contributed by atoms with Crippen molar-refractivity contribution >= 4 is 119 Å². The molecule has 1 aliphatic carbocycles. The second kappa shape index (κ2) is 46.1. The number of alkyl halides is 2. The van der Waals surface area contributed by atoms with Crippen molar-refractivity contribution in [2.75, 3.05) is 115 Å². The second-order valence-electron chi connectivity index (χ2n) is 32.0. The number of aliphatic carboxylic acids is 1. The standard InChI is InChI=1S/C54H62ClFN6O6S3.C20H32N2O2S.C11H20O2.C2H4Cl2.K.H/c1-36(2)62-38(4)53(70(5,65)66)51(52(62)39-11-13-42(55)14-12-39)41-32-43(56)34-47(33-41)61-29-27-60(28-30-61)46-17-15-44(16-18-46)58-71(67,68)49-19-20-50(37(3)31-49)57-45(35-69-48-9-7-6-8-10-48)23-26-59-24-21-40(22-25-59)54(63)64;1-20(2,3)24-19(23)16-9-12-22(13-10-16)14-11-17(21)15-25-18-7-5-4-6-8-18;1-11(2,3)13-10(12)9-7-5-4-6-8-9;3-1-2-4;;/h6-20,31-34,36,40,45,57-58H,21-30,35H2,1-5H3,(H,63,64);4-8,16-17H,9-15,21H2,1-3H3;9H,4-8H2,1-3H3;1-2H2;;/q;;;;+1;-1/t45-;17-;;;;/m11..../s1. The molecule has 6 aromatic carbocycles. The maximum absolute atomic E-state index is 15.7. The van der Waals surface area contributed by atoms with E-state index in [1.54, 1.807) is 55.1 Å². The minimum Gasteiger partial charge on any atom is -1.00 e. The fraction of sp³-hybridized carbons (Fsp3) is 0.506. The van der Waals surface area contributed by atoms with Crippen molar-refractivity contribution < 1.29 is 103 Å². The number of hydrogen-bond acceptors (Lipinski definition) is 17. The maximum Gasteiger partial charge on any atom is 1.00 e. The number of hydrogen-bond donors (Lipinski definition) is 4. The molecule has 3 saturated heterocycles. The molecule has 0 unspecified atom stereocenters. The number of aromatic nitrogens is 1. The number of benzene rings is 6. The Labute approximate surface area is 745 Å². The van der Waals surface area contributed by atoms with Gasteiger partial charge in [-0.25, -0.2) is 21.2 Å². The van der Waals surface area contributed by atoms with Crippen LogP contribution in [0.15, 0.2) is 165 Å². The molecule has 11 rings (SSSR count). The van der Waals surface area contributed by atoms with Crippen molar-refractivity contribution in [1.82, 2.24) is 14.4 Å². The molecule has 5 N–H and O–H groups in total. The molecule has 0 amide bonds. The van der Waals surface area contributed by atoms with Gasteiger partial charge >= 0.3 is 69.3 Å². The summed E-state index contributed by atoms with van der Waals surface area (Å²) in [5, 5.41) is 13.7. The van der Waals surface area contributed by atoms with Crippen LogP contribution in [-0.2, 0) is 43.7 Å². The van der Waals surface area contributed by atoms with Gasteiger partial charge in [-0.3, -0.25) is 19.1 Å². The minimum atomic E-state index is -3.92. The van der Waals surface area contributed by atoms with Crippen LogP contribution < -0.4 is 77.0 Å². The number of sulfone groups is 1. The van der Waals surface area contributed by atoms with Gasteiger partial charge in [-0.15, -0.1) is 46.7 Å². The number of piperazine rings is 1. The molecule has 3 aliphatic heterocycles. The predicted octanol–water partition coefficient (Wildman–Crippen LogP) is 16.1. The SMILES string of the molecule is CC(C)(C)OC(=O)C1CCCCC1.CC(C)(C)OC(=O)C1CCN(CC[C@@H](N)CSc2ccccc2)CC1.Cc1cc(S(=O)(=O)Nc2ccc(N3CCN(c4cc(F)cc(-c5c(S(C)(=O)=O)c(C)n(C(C)C)c5-c5ccc(Cl)cc5)c4)CC3)cc2)ccc1N[C@H](CCN1CCC(C(=O)O)CC1)CSc1ccccc1.ClCCCl.[H-].[K+]. The van der Waals surface area contributed by atoms with Gasteiger partial charge in [-0.2, -0.15) is 0 Å². The fourth-order valence-electron chi connectivity index (χ4n) is 14.5. The van der Waals surface area contributed by atoms with Gasteiger partial charge in [0.05, 0.1) is 33.2 Å². The van der Waals surface area contributed by atoms with Crippen LogP contribution in [0.25, 0.3) is 22.4 Å². The Bertz CT molecular complexity index is 4410. The van der Waals surface area contributed by atoms with Gasteiger partial charge in [0.25, 0.3) is 10.0 Å². The van der Waals surface area contributed by atoms with Crippen LogP contribution in [0.5, 0.6) is 0 Å². The average Bonchev–Trinajstić information content (AvgIpc) is 1.58. The van der Waals surface area contributed by atoms with Gasteiger partial charge in [0.2, 0.25) is 0 Å². The number of nitrogens with two attached hydrogens (primary N) is 1. The van der Waals surface area contributed by atoms with Crippen LogP contribution in [0, 0.1) is 37.4 Å². The van der Waals surface area contributed by atoms with E-state index in [0.717, 1.165) is 112 Å². The van der Waals surface area contributed by atoms with Crippen LogP contribution in [-0.4, -0.2) is 172 Å². The van der Waals surface area contributed by atoms with E-state index in [1.165, 1.54) is 47.4 Å². The topological polar surface area (TPSA) is 226 Å². The number of esters is 2. The van der Waals surface area contributed by atoms with Crippen LogP contribution >= 0.6 is 58.3 Å². The van der Waals surface area contributed by atoms with E-state index in [1.807, 2.05) is 139 Å². The Balaban J connectivity index is 0.000000380. The Morgan fingerprint density at radius 2 is 1.12 bits per heavy atom. The first-order valence-electron chi connectivity index (χ1n) is 39.5. The number of ether oxygens (including phenoxy) is 2. The van der Waals surface area contributed by atoms with Gasteiger partial charge in [0, 0.05) is 129 Å². The number of carbonyl (C=O) groups excluding carboxylic acids is 2. The van der Waals surface area contributed by atoms with Gasteiger partial charge < -0.3 is 51.2 Å². The number of nitrogens with one attached hydrogen (secondary N) is 2. The summed E-state index contributed by atoms with van der Waals surface area (Å²) < 4.78 is 85.8. The number of sulfonamides is 1. The predicted molar refractivity (Wildman–Crippen MR) is 467 cm³/mol. The number of carboxylic acids is 1. The molecular weight excluding hydrogens is 1610 g/mol. The summed E-state index contributed by atoms with van der Waals surface area (Å²) in [4.78, 5) is 47.0. The number of rotatable bonds is 27. The van der Waals surface area contributed by atoms with E-state index in [4.69, 9.17) is 50.0 Å². The van der Waals surface area contributed by atoms with E-state index in [-0.39, 0.29) is 116 Å². The number of nitrogens with zero attached hydrogens (tertiary/aromatic N) is 5. The zero-order valence-corrected chi connectivity index (χ0v) is 77.2. The Morgan fingerprint density at radius 3 is 1.61 bits per heavy atom. The van der Waals surface area contributed by atoms with Gasteiger partial charge in [-0.1, -0.05) is 79.4 Å². The largest absolute Gasteiger partial charge is 1.00 e. The Hall–Kier alpha value is -4.87. The maximum atomic E-state index is 15.7. The average molecular weight is 1730 g/mol. The normalized spacial score (nSPS) is 16.2. The van der Waals surface area contributed by atoms with Crippen molar-refractivity contribution in [2.45, 2.75) is 189 Å². The minimum absolute atomic E-state index is 0. The van der Waals surface area contributed by atoms with Gasteiger partial charge in [-0.05, 0) is 267 Å². The number of aryl methyl sites for hydroxylation is 1. The summed E-state index contributed by atoms with van der Waals surface area (Å²) in [6.45, 7) is 26.9. The van der Waals surface area contributed by atoms with Crippen molar-refractivity contribution in [3.63, 3.8) is 0 Å². The second-order valence-corrected chi connectivity index (χ2v) is 39.0. The van der Waals surface area contributed by atoms with Crippen LogP contribution in [0.1, 0.15) is 145 Å². The first-order valence-corrected chi connectivity index (χ1v) is 46.3. The third-order valence-corrected chi connectivity index (χ3v) is 26.1. The molecule has 7 aromatic rings. The number of thioether (sulfide) groups is 2. The van der Waals surface area contributed by atoms with Crippen molar-refractivity contribution in [2.24, 2.45) is 23.5 Å². The molecule has 0 spiro atoms. The first kappa shape index (κ1) is 96.3. The number of likely N-dealkylation sites (tertiary alicyclic amines) is 2. The molecule has 4 heterocycles. The zero-order chi connectivity index (χ0) is 82.2. The first-order chi connectivity index (χ1) is 53.6. The fourth-order valence-corrected chi connectivity index (χ4v) is 18.9. The van der Waals surface area contributed by atoms with E-state index in [2.05, 4.69) is 66.0 Å². The number of carboxylic acid groups (broad SMARTS) is 1. The van der Waals surface area contributed by atoms with E-state index in [9.17, 15) is 36.3 Å². The molecular formula is C87H119Cl3FKN8O10S4. The molecule has 1 saturated carbocycles. The molecule has 2 atom stereocenters. The molecule has 114 heavy (non-hydrogen) atoms. The molecule has 18 nitrogen and oxygen atoms in total. The van der Waals surface area contributed by atoms with Gasteiger partial charge in [0.1, 0.15) is 17.0 Å². The number of piperidine rings is 2. The van der Waals surface area contributed by atoms with Crippen molar-refractivity contribution in [3.05, 3.63) is 168 Å². The number of carbonyl (C=O) groups is 3. The molecule has 0 radical (unpaired) electrons. The van der Waals surface area contributed by atoms with E-state index < -0.39 is 37.2 Å². The molecule has 620 valence electrons. The van der Waals surface area contributed by atoms with E-state index >= 15 is 4.39 Å². The Morgan fingerprint density at radius 1 is 0.623 bits per heavy atom. The molecule has 27 heteroatoms. The van der Waals surface area contributed by atoms with Crippen molar-refractivity contribution in [3.8, 4) is 22.4 Å². The summed E-state index contributed by atoms with van der Waals surface area (Å²) in [6.07, 6.45) is 11.8. The van der Waals surface area contributed by atoms with E-state index in [0.29, 0.717) is 89.7 Å². The molecule has 0 bridgehead atoms. The van der Waals surface area contributed by atoms with Crippen LogP contribution in [0.3, 0.4) is 0 Å². The molecule has 4 aliphatic rings. The monoisotopic (exact) mass is 1730 g/mol. The number of anilines is 4. The number of halogens is 4. The summed E-state index contributed by atoms with van der Waals surface area (Å²) in [5.74, 6) is 1.58.